The van der Waals surface area contributed by atoms with Crippen molar-refractivity contribution < 1.29 is 0 Å². The third-order valence-electron chi connectivity index (χ3n) is 14.3. The number of hydrogen-bond acceptors (Lipinski definition) is 1. The highest BCUT2D eigenvalue weighted by atomic mass is 15.0. The molecule has 0 spiro atoms. The van der Waals surface area contributed by atoms with Gasteiger partial charge in [-0.25, -0.2) is 0 Å². The van der Waals surface area contributed by atoms with Crippen molar-refractivity contribution in [1.29, 1.82) is 5.26 Å². The van der Waals surface area contributed by atoms with Crippen molar-refractivity contribution in [2.24, 2.45) is 0 Å². The lowest BCUT2D eigenvalue weighted by Gasteiger charge is -2.24. The third-order valence-corrected chi connectivity index (χ3v) is 14.3. The second kappa shape index (κ2) is 14.8. The molecule has 1 aliphatic carbocycles. The highest BCUT2D eigenvalue weighted by Gasteiger charge is 2.36. The monoisotopic (exact) mass is 844 g/mol. The summed E-state index contributed by atoms with van der Waals surface area (Å²) in [7, 11) is 0. The van der Waals surface area contributed by atoms with Crippen LogP contribution in [0.5, 0.6) is 0 Å². The zero-order chi connectivity index (χ0) is 44.9. The lowest BCUT2D eigenvalue weighted by atomic mass is 9.79. The molecule has 0 aliphatic heterocycles. The van der Waals surface area contributed by atoms with E-state index in [1.807, 2.05) is 12.1 Å². The van der Waals surface area contributed by atoms with Crippen LogP contribution in [-0.4, -0.2) is 4.57 Å². The molecule has 10 aromatic carbocycles. The molecule has 0 saturated heterocycles. The molecule has 0 saturated carbocycles. The van der Waals surface area contributed by atoms with Crippen LogP contribution in [0.1, 0.15) is 68.0 Å². The van der Waals surface area contributed by atoms with Gasteiger partial charge in [0.2, 0.25) is 0 Å². The van der Waals surface area contributed by atoms with E-state index >= 15 is 0 Å². The van der Waals surface area contributed by atoms with Crippen molar-refractivity contribution in [2.45, 2.75) is 45.4 Å². The van der Waals surface area contributed by atoms with E-state index < -0.39 is 0 Å². The van der Waals surface area contributed by atoms with E-state index in [1.165, 1.54) is 88.0 Å². The highest BCUT2D eigenvalue weighted by Crippen LogP contribution is 2.52. The lowest BCUT2D eigenvalue weighted by molar-refractivity contribution is 0.596. The predicted molar refractivity (Wildman–Crippen MR) is 281 cm³/mol. The van der Waals surface area contributed by atoms with E-state index in [2.05, 4.69) is 233 Å². The van der Waals surface area contributed by atoms with Crippen molar-refractivity contribution in [2.75, 3.05) is 0 Å². The van der Waals surface area contributed by atoms with Crippen LogP contribution in [0.3, 0.4) is 0 Å². The molecule has 2 heteroatoms. The molecular weight excluding hydrogens is 797 g/mol. The van der Waals surface area contributed by atoms with Crippen molar-refractivity contribution in [3.8, 4) is 45.1 Å². The van der Waals surface area contributed by atoms with Gasteiger partial charge in [0.15, 0.2) is 0 Å². The van der Waals surface area contributed by atoms with Gasteiger partial charge in [-0.05, 0) is 141 Å². The van der Waals surface area contributed by atoms with E-state index in [-0.39, 0.29) is 10.8 Å². The summed E-state index contributed by atoms with van der Waals surface area (Å²) in [6, 6.07) is 71.4. The van der Waals surface area contributed by atoms with Crippen molar-refractivity contribution >= 4 is 66.3 Å². The zero-order valence-corrected chi connectivity index (χ0v) is 37.9. The largest absolute Gasteiger partial charge is 0.309 e. The van der Waals surface area contributed by atoms with Gasteiger partial charge < -0.3 is 4.57 Å². The molecule has 1 aromatic heterocycles. The van der Waals surface area contributed by atoms with Gasteiger partial charge in [0, 0.05) is 21.9 Å². The van der Waals surface area contributed by atoms with Crippen LogP contribution in [0, 0.1) is 11.3 Å². The van der Waals surface area contributed by atoms with E-state index in [1.54, 1.807) is 0 Å². The first kappa shape index (κ1) is 39.6. The normalized spacial score (nSPS) is 13.3. The number of para-hydroxylation sites is 1. The van der Waals surface area contributed by atoms with Crippen LogP contribution in [0.15, 0.2) is 188 Å². The molecule has 1 aliphatic rings. The summed E-state index contributed by atoms with van der Waals surface area (Å²) in [4.78, 5) is 0. The molecule has 314 valence electrons. The molecule has 0 unspecified atom stereocenters. The molecule has 0 atom stereocenters. The molecule has 66 heavy (non-hydrogen) atoms. The minimum atomic E-state index is -0.193. The van der Waals surface area contributed by atoms with E-state index in [0.29, 0.717) is 5.56 Å². The van der Waals surface area contributed by atoms with Gasteiger partial charge in [0.25, 0.3) is 0 Å². The van der Waals surface area contributed by atoms with Gasteiger partial charge in [0.05, 0.1) is 22.7 Å². The van der Waals surface area contributed by atoms with Crippen LogP contribution in [0.2, 0.25) is 0 Å². The molecule has 0 bridgehead atoms. The second-order valence-corrected chi connectivity index (χ2v) is 19.6. The molecule has 0 radical (unpaired) electrons. The molecular formula is C64H48N2. The van der Waals surface area contributed by atoms with Gasteiger partial charge in [-0.15, -0.1) is 0 Å². The van der Waals surface area contributed by atoms with E-state index in [0.717, 1.165) is 33.1 Å². The zero-order valence-electron chi connectivity index (χ0n) is 37.9. The smallest absolute Gasteiger partial charge is 0.0991 e. The predicted octanol–water partition coefficient (Wildman–Crippen LogP) is 17.2. The number of nitrogens with zero attached hydrogens (tertiary/aromatic N) is 2. The van der Waals surface area contributed by atoms with Crippen LogP contribution >= 0.6 is 0 Å². The quantitative estimate of drug-likeness (QED) is 0.125. The average molecular weight is 845 g/mol. The molecule has 0 N–H and O–H groups in total. The van der Waals surface area contributed by atoms with Gasteiger partial charge in [0.1, 0.15) is 0 Å². The van der Waals surface area contributed by atoms with Crippen LogP contribution in [-0.2, 0) is 10.8 Å². The van der Waals surface area contributed by atoms with Crippen molar-refractivity contribution in [3.63, 3.8) is 0 Å². The Morgan fingerprint density at radius 1 is 0.455 bits per heavy atom. The third kappa shape index (κ3) is 6.08. The molecule has 1 heterocycles. The summed E-state index contributed by atoms with van der Waals surface area (Å²) in [5, 5.41) is 19.5. The second-order valence-electron chi connectivity index (χ2n) is 19.6. The van der Waals surface area contributed by atoms with Crippen LogP contribution < -0.4 is 0 Å². The first-order valence-electron chi connectivity index (χ1n) is 23.1. The Hall–Kier alpha value is -7.99. The Kier molecular flexibility index (Phi) is 8.86. The van der Waals surface area contributed by atoms with Gasteiger partial charge in [-0.2, -0.15) is 5.26 Å². The number of fused-ring (bicyclic) bond motifs is 9. The first-order chi connectivity index (χ1) is 32.1. The standard InChI is InChI=1S/C64H48N2/c1-63(2,3)56-34-33-54(45-14-6-7-15-46(45)56)62-52-19-10-8-17-50(52)61(51-18-9-11-20-53(51)62)43-28-32-48-47-31-26-41(37-57(47)64(4,5)58(48)38-43)23-22-40-24-29-44(30-25-40)66-59-21-13-12-16-49(59)55-36-42(39-65)27-35-60(55)66/h6-38H,1-5H3/b23-22+. The fourth-order valence-corrected chi connectivity index (χ4v) is 11.2. The number of aromatic nitrogens is 1. The fourth-order valence-electron chi connectivity index (χ4n) is 11.2. The fraction of sp³-hybridized carbons (Fsp3) is 0.109. The minimum Gasteiger partial charge on any atom is -0.309 e. The average Bonchev–Trinajstić information content (AvgIpc) is 3.79. The van der Waals surface area contributed by atoms with Gasteiger partial charge in [-0.3, -0.25) is 0 Å². The van der Waals surface area contributed by atoms with Gasteiger partial charge in [-0.1, -0.05) is 192 Å². The van der Waals surface area contributed by atoms with E-state index in [4.69, 9.17) is 0 Å². The van der Waals surface area contributed by atoms with Crippen molar-refractivity contribution in [3.05, 3.63) is 221 Å². The number of rotatable bonds is 5. The van der Waals surface area contributed by atoms with Crippen molar-refractivity contribution in [1.82, 2.24) is 4.57 Å². The van der Waals surface area contributed by atoms with E-state index in [9.17, 15) is 5.26 Å². The highest BCUT2D eigenvalue weighted by molar-refractivity contribution is 6.24. The molecule has 0 amide bonds. The maximum atomic E-state index is 9.59. The SMILES string of the molecule is CC(C)(C)c1ccc(-c2c3ccccc3c(-c3ccc4c(c3)C(C)(C)c3cc(/C=C/c5ccc(-n6c7ccccc7c7cc(C#N)ccc76)cc5)ccc3-4)c3ccccc23)c2ccccc12. The van der Waals surface area contributed by atoms with Crippen LogP contribution in [0.4, 0.5) is 0 Å². The Bertz CT molecular complexity index is 3820. The number of benzene rings is 10. The summed E-state index contributed by atoms with van der Waals surface area (Å²) in [5.74, 6) is 0. The maximum absolute atomic E-state index is 9.59. The molecule has 2 nitrogen and oxygen atoms in total. The number of hydrogen-bond donors (Lipinski definition) is 0. The van der Waals surface area contributed by atoms with Crippen LogP contribution in [0.25, 0.3) is 105 Å². The topological polar surface area (TPSA) is 28.7 Å². The Balaban J connectivity index is 0.902. The number of nitriles is 1. The molecule has 12 rings (SSSR count). The Morgan fingerprint density at radius 2 is 0.985 bits per heavy atom. The summed E-state index contributed by atoms with van der Waals surface area (Å²) in [5.41, 5.74) is 18.0. The summed E-state index contributed by atoms with van der Waals surface area (Å²) >= 11 is 0. The Labute approximate surface area is 386 Å². The molecule has 0 fully saturated rings. The maximum Gasteiger partial charge on any atom is 0.0991 e. The summed E-state index contributed by atoms with van der Waals surface area (Å²) in [6.07, 6.45) is 4.45. The van der Waals surface area contributed by atoms with Gasteiger partial charge >= 0.3 is 0 Å². The molecule has 11 aromatic rings. The minimum absolute atomic E-state index is 0.0300. The first-order valence-corrected chi connectivity index (χ1v) is 23.1. The summed E-state index contributed by atoms with van der Waals surface area (Å²) < 4.78 is 2.29. The summed E-state index contributed by atoms with van der Waals surface area (Å²) in [6.45, 7) is 11.7. The lowest BCUT2D eigenvalue weighted by Crippen LogP contribution is -2.15. The Morgan fingerprint density at radius 3 is 1.65 bits per heavy atom.